The van der Waals surface area contributed by atoms with Crippen molar-refractivity contribution in [3.8, 4) is 17.2 Å². The first-order valence-electron chi connectivity index (χ1n) is 16.7. The molecule has 252 valence electrons. The van der Waals surface area contributed by atoms with Gasteiger partial charge >= 0.3 is 0 Å². The number of rotatable bonds is 20. The van der Waals surface area contributed by atoms with Crippen LogP contribution in [0.3, 0.4) is 0 Å². The summed E-state index contributed by atoms with van der Waals surface area (Å²) < 4.78 is 17.2. The summed E-state index contributed by atoms with van der Waals surface area (Å²) in [5.74, 6) is 3.11. The fourth-order valence-electron chi connectivity index (χ4n) is 4.67. The number of amidine groups is 2. The highest BCUT2D eigenvalue weighted by Gasteiger charge is 2.11. The zero-order valence-corrected chi connectivity index (χ0v) is 28.7. The third-order valence-electron chi connectivity index (χ3n) is 8.01. The first-order valence-corrected chi connectivity index (χ1v) is 16.7. The van der Waals surface area contributed by atoms with Gasteiger partial charge in [0.05, 0.1) is 32.7 Å². The van der Waals surface area contributed by atoms with E-state index in [4.69, 9.17) is 19.6 Å². The molecule has 0 spiro atoms. The van der Waals surface area contributed by atoms with E-state index in [0.717, 1.165) is 32.1 Å². The molecule has 0 aromatic heterocycles. The van der Waals surface area contributed by atoms with Crippen molar-refractivity contribution in [2.45, 2.75) is 86.0 Å². The van der Waals surface area contributed by atoms with Gasteiger partial charge in [-0.3, -0.25) is 5.41 Å². The van der Waals surface area contributed by atoms with Gasteiger partial charge in [0, 0.05) is 29.0 Å². The summed E-state index contributed by atoms with van der Waals surface area (Å²) in [5.41, 5.74) is 1.44. The van der Waals surface area contributed by atoms with Crippen LogP contribution >= 0.6 is 0 Å². The topological polar surface area (TPSA) is 117 Å². The van der Waals surface area contributed by atoms with E-state index in [-0.39, 0.29) is 24.0 Å². The van der Waals surface area contributed by atoms with Gasteiger partial charge in [-0.15, -0.1) is 0 Å². The van der Waals surface area contributed by atoms with Gasteiger partial charge in [-0.2, -0.15) is 0 Å². The second kappa shape index (κ2) is 21.8. The quantitative estimate of drug-likeness (QED) is 0.0583. The molecule has 0 aliphatic carbocycles. The van der Waals surface area contributed by atoms with Gasteiger partial charge in [0.25, 0.3) is 0 Å². The van der Waals surface area contributed by atoms with Crippen LogP contribution in [0.4, 0.5) is 0 Å². The minimum atomic E-state index is -0.376. The van der Waals surface area contributed by atoms with Crippen molar-refractivity contribution in [3.63, 3.8) is 0 Å². The van der Waals surface area contributed by atoms with Crippen molar-refractivity contribution in [3.05, 3.63) is 77.1 Å². The SMILES string of the molecule is CCCCC(CC)CO/C(C)=C/C=C(\CO)C(=N)/N=C(\N=C\c1ccc(OCC(CC)CCCC)cc1O)c1ccc(OC)cc1. The lowest BCUT2D eigenvalue weighted by molar-refractivity contribution is 0.157. The molecule has 0 saturated heterocycles. The maximum atomic E-state index is 10.7. The molecule has 0 saturated carbocycles. The molecule has 0 aliphatic rings. The van der Waals surface area contributed by atoms with Crippen LogP contribution in [0.25, 0.3) is 0 Å². The molecule has 0 fully saturated rings. The van der Waals surface area contributed by atoms with Gasteiger partial charge in [-0.05, 0) is 80.2 Å². The number of phenols is 1. The summed E-state index contributed by atoms with van der Waals surface area (Å²) in [6, 6.07) is 12.3. The van der Waals surface area contributed by atoms with Gasteiger partial charge in [0.1, 0.15) is 17.2 Å². The van der Waals surface area contributed by atoms with Gasteiger partial charge in [0.15, 0.2) is 11.7 Å². The number of aliphatic imine (C=N–C) groups is 2. The van der Waals surface area contributed by atoms with Gasteiger partial charge < -0.3 is 24.4 Å². The lowest BCUT2D eigenvalue weighted by atomic mass is 10.0. The van der Waals surface area contributed by atoms with E-state index in [1.54, 1.807) is 55.7 Å². The standard InChI is InChI=1S/C38H55N3O5/c1-7-11-13-29(9-3)26-45-28(5)15-16-33(25-42)37(39)41-38(31-17-20-34(44-6)21-18-31)40-24-32-19-22-35(23-36(32)43)46-27-30(10-4)14-12-8-2/h15-24,29-30,39,42-43H,7-14,25-27H2,1-6H3/b28-15+,33-16+,39-37?,40-24+,41-38-. The summed E-state index contributed by atoms with van der Waals surface area (Å²) in [7, 11) is 1.59. The van der Waals surface area contributed by atoms with Crippen LogP contribution in [0, 0.1) is 17.2 Å². The molecule has 2 aromatic rings. The predicted octanol–water partition coefficient (Wildman–Crippen LogP) is 8.89. The zero-order valence-electron chi connectivity index (χ0n) is 28.7. The van der Waals surface area contributed by atoms with E-state index in [0.29, 0.717) is 59.0 Å². The Morgan fingerprint density at radius 2 is 1.52 bits per heavy atom. The lowest BCUT2D eigenvalue weighted by Gasteiger charge is -2.16. The Morgan fingerprint density at radius 1 is 0.891 bits per heavy atom. The van der Waals surface area contributed by atoms with Crippen LogP contribution in [-0.2, 0) is 4.74 Å². The molecule has 8 nitrogen and oxygen atoms in total. The molecular weight excluding hydrogens is 578 g/mol. The molecule has 0 amide bonds. The Morgan fingerprint density at radius 3 is 2.09 bits per heavy atom. The number of nitrogens with zero attached hydrogens (tertiary/aromatic N) is 2. The Kier molecular flexibility index (Phi) is 18.1. The maximum absolute atomic E-state index is 10.7. The Hall–Kier alpha value is -3.91. The molecule has 2 aromatic carbocycles. The predicted molar refractivity (Wildman–Crippen MR) is 190 cm³/mol. The third-order valence-corrected chi connectivity index (χ3v) is 8.01. The fourth-order valence-corrected chi connectivity index (χ4v) is 4.67. The highest BCUT2D eigenvalue weighted by Crippen LogP contribution is 2.24. The highest BCUT2D eigenvalue weighted by molar-refractivity contribution is 6.13. The first kappa shape index (κ1) is 38.3. The van der Waals surface area contributed by atoms with E-state index in [1.807, 2.05) is 13.0 Å². The van der Waals surface area contributed by atoms with E-state index in [2.05, 4.69) is 37.7 Å². The summed E-state index contributed by atoms with van der Waals surface area (Å²) >= 11 is 0. The van der Waals surface area contributed by atoms with E-state index in [1.165, 1.54) is 25.5 Å². The maximum Gasteiger partial charge on any atom is 0.161 e. The summed E-state index contributed by atoms with van der Waals surface area (Å²) in [6.45, 7) is 11.5. The average molecular weight is 634 g/mol. The number of aliphatic hydroxyl groups is 1. The largest absolute Gasteiger partial charge is 0.507 e. The van der Waals surface area contributed by atoms with Crippen molar-refractivity contribution < 1.29 is 24.4 Å². The molecule has 2 atom stereocenters. The van der Waals surface area contributed by atoms with Crippen LogP contribution in [0.2, 0.25) is 0 Å². The van der Waals surface area contributed by atoms with E-state index in [9.17, 15) is 10.2 Å². The monoisotopic (exact) mass is 633 g/mol. The molecule has 3 N–H and O–H groups in total. The number of phenolic OH excluding ortho intramolecular Hbond substituents is 1. The van der Waals surface area contributed by atoms with Gasteiger partial charge in [-0.25, -0.2) is 9.98 Å². The smallest absolute Gasteiger partial charge is 0.161 e. The molecule has 0 heterocycles. The van der Waals surface area contributed by atoms with Crippen molar-refractivity contribution in [1.29, 1.82) is 5.41 Å². The van der Waals surface area contributed by atoms with Crippen molar-refractivity contribution in [2.24, 2.45) is 21.8 Å². The summed E-state index contributed by atoms with van der Waals surface area (Å²) in [4.78, 5) is 9.03. The van der Waals surface area contributed by atoms with Crippen molar-refractivity contribution in [2.75, 3.05) is 26.9 Å². The van der Waals surface area contributed by atoms with E-state index >= 15 is 0 Å². The molecule has 2 unspecified atom stereocenters. The molecule has 0 aliphatic heterocycles. The minimum absolute atomic E-state index is 0.0311. The third kappa shape index (κ3) is 13.6. The van der Waals surface area contributed by atoms with Crippen molar-refractivity contribution in [1.82, 2.24) is 0 Å². The summed E-state index contributed by atoms with van der Waals surface area (Å²) in [5, 5.41) is 29.5. The fraction of sp³-hybridized carbons (Fsp3) is 0.500. The summed E-state index contributed by atoms with van der Waals surface area (Å²) in [6.07, 6.45) is 14.0. The number of nitrogens with one attached hydrogen (secondary N) is 1. The van der Waals surface area contributed by atoms with Crippen LogP contribution < -0.4 is 9.47 Å². The lowest BCUT2D eigenvalue weighted by Crippen LogP contribution is -2.11. The number of hydrogen-bond donors (Lipinski definition) is 3. The number of benzene rings is 2. The highest BCUT2D eigenvalue weighted by atomic mass is 16.5. The number of allylic oxidation sites excluding steroid dienone is 3. The Bertz CT molecular complexity index is 1310. The van der Waals surface area contributed by atoms with Crippen LogP contribution in [-0.4, -0.2) is 55.0 Å². The number of methoxy groups -OCH3 is 1. The Labute approximate surface area is 276 Å². The van der Waals surface area contributed by atoms with Crippen molar-refractivity contribution >= 4 is 17.9 Å². The zero-order chi connectivity index (χ0) is 33.7. The number of hydrogen-bond acceptors (Lipinski definition) is 6. The molecule has 0 bridgehead atoms. The van der Waals surface area contributed by atoms with Gasteiger partial charge in [-0.1, -0.05) is 66.2 Å². The number of unbranched alkanes of at least 4 members (excludes halogenated alkanes) is 2. The van der Waals surface area contributed by atoms with Crippen LogP contribution in [0.5, 0.6) is 17.2 Å². The number of aromatic hydroxyl groups is 1. The molecular formula is C38H55N3O5. The number of aliphatic hydroxyl groups excluding tert-OH is 1. The molecule has 8 heteroatoms. The Balaban J connectivity index is 2.28. The van der Waals surface area contributed by atoms with Crippen LogP contribution in [0.15, 0.2) is 75.9 Å². The second-order valence-corrected chi connectivity index (χ2v) is 11.6. The van der Waals surface area contributed by atoms with Gasteiger partial charge in [0.2, 0.25) is 0 Å². The minimum Gasteiger partial charge on any atom is -0.507 e. The average Bonchev–Trinajstić information content (AvgIpc) is 3.07. The van der Waals surface area contributed by atoms with E-state index < -0.39 is 0 Å². The molecule has 2 rings (SSSR count). The molecule has 46 heavy (non-hydrogen) atoms. The molecule has 0 radical (unpaired) electrons. The second-order valence-electron chi connectivity index (χ2n) is 11.6. The van der Waals surface area contributed by atoms with Crippen LogP contribution in [0.1, 0.15) is 97.1 Å². The normalized spacial score (nSPS) is 13.9. The first-order chi connectivity index (χ1) is 22.3. The number of ether oxygens (including phenoxy) is 3.